The van der Waals surface area contributed by atoms with E-state index in [1.54, 1.807) is 24.3 Å². The SMILES string of the molecule is CCC1=C(C)c2nc1cc1[nH]c(c(C)c1CC)c(-c1ccc(C(=O)[O-])cc1)c1nc(cc3[nH]c(c(C)c3CC)c2-c2ccc(C(=O)[O-])cc2)C(CC)=C1C.[Na+].[Na+]. The Morgan fingerprint density at radius 2 is 0.893 bits per heavy atom. The van der Waals surface area contributed by atoms with Crippen molar-refractivity contribution in [3.05, 3.63) is 117 Å². The number of aromatic carboxylic acids is 2. The molecular weight excluding hydrogens is 719 g/mol. The number of nitrogens with zero attached hydrogens (tertiary/aromatic N) is 2. The van der Waals surface area contributed by atoms with Gasteiger partial charge in [-0.05, 0) is 132 Å². The minimum atomic E-state index is -1.22. The number of allylic oxidation sites excluding steroid dienone is 4. The Balaban J connectivity index is 0.00000300. The van der Waals surface area contributed by atoms with Crippen molar-refractivity contribution in [1.82, 2.24) is 19.9 Å². The second-order valence-electron chi connectivity index (χ2n) is 14.1. The molecule has 8 nitrogen and oxygen atoms in total. The largest absolute Gasteiger partial charge is 1.00 e. The number of carbonyl (C=O) groups is 2. The van der Waals surface area contributed by atoms with E-state index >= 15 is 0 Å². The summed E-state index contributed by atoms with van der Waals surface area (Å²) < 4.78 is 0. The summed E-state index contributed by atoms with van der Waals surface area (Å²) in [7, 11) is 0. The molecule has 2 aromatic carbocycles. The second-order valence-corrected chi connectivity index (χ2v) is 14.1. The summed E-state index contributed by atoms with van der Waals surface area (Å²) in [6, 6.07) is 18.0. The van der Waals surface area contributed by atoms with Crippen molar-refractivity contribution in [2.24, 2.45) is 0 Å². The predicted molar refractivity (Wildman–Crippen MR) is 214 cm³/mol. The Labute approximate surface area is 372 Å². The van der Waals surface area contributed by atoms with Crippen LogP contribution in [0.4, 0.5) is 0 Å². The summed E-state index contributed by atoms with van der Waals surface area (Å²) in [6.45, 7) is 17.1. The molecule has 5 aromatic rings. The van der Waals surface area contributed by atoms with Crippen LogP contribution in [-0.4, -0.2) is 31.9 Å². The van der Waals surface area contributed by atoms with E-state index in [0.29, 0.717) is 0 Å². The number of aryl methyl sites for hydroxylation is 4. The van der Waals surface area contributed by atoms with E-state index in [2.05, 4.69) is 77.5 Å². The summed E-state index contributed by atoms with van der Waals surface area (Å²) in [6.07, 6.45) is 3.08. The third-order valence-electron chi connectivity index (χ3n) is 11.3. The molecule has 56 heavy (non-hydrogen) atoms. The maximum Gasteiger partial charge on any atom is 1.00 e. The molecule has 0 unspecified atom stereocenters. The zero-order valence-corrected chi connectivity index (χ0v) is 38.1. The van der Waals surface area contributed by atoms with E-state index in [1.165, 1.54) is 0 Å². The fraction of sp³-hybridized carbons (Fsp3) is 0.261. The fourth-order valence-electron chi connectivity index (χ4n) is 8.42. The summed E-state index contributed by atoms with van der Waals surface area (Å²) in [5.74, 6) is -2.44. The van der Waals surface area contributed by atoms with Gasteiger partial charge in [0.25, 0.3) is 0 Å². The van der Waals surface area contributed by atoms with Crippen molar-refractivity contribution >= 4 is 56.3 Å². The summed E-state index contributed by atoms with van der Waals surface area (Å²) >= 11 is 0. The summed E-state index contributed by atoms with van der Waals surface area (Å²) in [5, 5.41) is 23.5. The molecule has 0 amide bonds. The molecule has 2 aliphatic heterocycles. The van der Waals surface area contributed by atoms with Gasteiger partial charge in [-0.3, -0.25) is 0 Å². The van der Waals surface area contributed by atoms with E-state index in [-0.39, 0.29) is 70.2 Å². The number of fused-ring (bicyclic) bond motifs is 8. The van der Waals surface area contributed by atoms with Gasteiger partial charge in [0.05, 0.1) is 45.7 Å². The Morgan fingerprint density at radius 1 is 0.554 bits per heavy atom. The number of hydrogen-bond donors (Lipinski definition) is 2. The van der Waals surface area contributed by atoms with Crippen LogP contribution in [0.5, 0.6) is 0 Å². The van der Waals surface area contributed by atoms with Crippen molar-refractivity contribution in [1.29, 1.82) is 0 Å². The minimum Gasteiger partial charge on any atom is -0.545 e. The van der Waals surface area contributed by atoms with Gasteiger partial charge >= 0.3 is 59.1 Å². The molecule has 0 spiro atoms. The maximum atomic E-state index is 11.7. The molecule has 0 fully saturated rings. The van der Waals surface area contributed by atoms with Crippen LogP contribution in [0, 0.1) is 13.8 Å². The molecule has 8 bridgehead atoms. The summed E-state index contributed by atoms with van der Waals surface area (Å²) in [4.78, 5) is 41.9. The van der Waals surface area contributed by atoms with E-state index < -0.39 is 11.9 Å². The summed E-state index contributed by atoms with van der Waals surface area (Å²) in [5.41, 5.74) is 19.8. The average Bonchev–Trinajstić information content (AvgIpc) is 3.85. The van der Waals surface area contributed by atoms with E-state index in [1.807, 2.05) is 24.3 Å². The van der Waals surface area contributed by atoms with Crippen LogP contribution >= 0.6 is 0 Å². The second kappa shape index (κ2) is 17.2. The number of hydrogen-bond acceptors (Lipinski definition) is 6. The first kappa shape index (κ1) is 43.1. The van der Waals surface area contributed by atoms with E-state index in [4.69, 9.17) is 9.97 Å². The van der Waals surface area contributed by atoms with Gasteiger partial charge in [0, 0.05) is 22.2 Å². The predicted octanol–water partition coefficient (Wildman–Crippen LogP) is 2.81. The Hall–Kier alpha value is -4.02. The van der Waals surface area contributed by atoms with Gasteiger partial charge in [-0.1, -0.05) is 76.2 Å². The number of aromatic amines is 2. The molecule has 0 radical (unpaired) electrons. The standard InChI is InChI=1S/C46H46N4O4.2Na/c1-9-31-23(5)41-39(27-13-17-29(18-14-27)45(51)52)42-25(7)33(11-3)37(49-42)22-38-34(12-4)26(8)44(50-38)40(28-15-19-30(20-16-28)46(53)54)43-24(6)32(10-2)36(48-43)21-35(31)47-41;;/h13-22,47,50H,9-12H2,1-8H3,(H,51,52)(H,53,54);;/q;2*+1/p-2. The molecule has 5 heterocycles. The molecule has 0 saturated heterocycles. The topological polar surface area (TPSA) is 138 Å². The van der Waals surface area contributed by atoms with Gasteiger partial charge in [0.2, 0.25) is 0 Å². The molecule has 0 atom stereocenters. The van der Waals surface area contributed by atoms with Crippen molar-refractivity contribution in [3.63, 3.8) is 0 Å². The van der Waals surface area contributed by atoms with Crippen LogP contribution < -0.4 is 69.3 Å². The van der Waals surface area contributed by atoms with E-state index in [9.17, 15) is 19.8 Å². The van der Waals surface area contributed by atoms with Gasteiger partial charge in [-0.25, -0.2) is 9.97 Å². The first-order valence-corrected chi connectivity index (χ1v) is 18.8. The molecule has 2 aliphatic rings. The Morgan fingerprint density at radius 3 is 1.18 bits per heavy atom. The van der Waals surface area contributed by atoms with Gasteiger partial charge < -0.3 is 29.8 Å². The third kappa shape index (κ3) is 7.32. The number of carboxylic acids is 2. The normalized spacial score (nSPS) is 12.4. The van der Waals surface area contributed by atoms with Crippen molar-refractivity contribution in [2.45, 2.75) is 81.1 Å². The average molecular weight is 763 g/mol. The van der Waals surface area contributed by atoms with Gasteiger partial charge in [0.15, 0.2) is 0 Å². The fourth-order valence-corrected chi connectivity index (χ4v) is 8.42. The number of aromatic nitrogens is 4. The van der Waals surface area contributed by atoms with Crippen LogP contribution in [0.2, 0.25) is 0 Å². The van der Waals surface area contributed by atoms with Crippen LogP contribution in [0.15, 0.2) is 60.7 Å². The quantitative estimate of drug-likeness (QED) is 0.234. The minimum absolute atomic E-state index is 0. The number of carbonyl (C=O) groups excluding carboxylic acids is 2. The van der Waals surface area contributed by atoms with Crippen molar-refractivity contribution in [3.8, 4) is 22.3 Å². The molecule has 3 aromatic heterocycles. The molecule has 7 rings (SSSR count). The zero-order valence-electron chi connectivity index (χ0n) is 34.1. The van der Waals surface area contributed by atoms with Crippen molar-refractivity contribution < 1.29 is 78.9 Å². The molecule has 0 aliphatic carbocycles. The Bertz CT molecular complexity index is 2450. The van der Waals surface area contributed by atoms with Crippen molar-refractivity contribution in [2.75, 3.05) is 0 Å². The van der Waals surface area contributed by atoms with Gasteiger partial charge in [0.1, 0.15) is 0 Å². The first-order valence-electron chi connectivity index (χ1n) is 18.8. The molecular formula is C46H44N4Na2O4. The first-order chi connectivity index (χ1) is 25.9. The van der Waals surface area contributed by atoms with Gasteiger partial charge in [-0.15, -0.1) is 0 Å². The van der Waals surface area contributed by atoms with Crippen LogP contribution in [0.1, 0.15) is 120 Å². The zero-order chi connectivity index (χ0) is 38.6. The number of rotatable bonds is 8. The number of H-pyrrole nitrogens is 2. The van der Waals surface area contributed by atoms with Gasteiger partial charge in [-0.2, -0.15) is 0 Å². The smallest absolute Gasteiger partial charge is 0.545 e. The van der Waals surface area contributed by atoms with Crippen LogP contribution in [0.25, 0.3) is 66.6 Å². The third-order valence-corrected chi connectivity index (χ3v) is 11.3. The monoisotopic (exact) mass is 762 g/mol. The van der Waals surface area contributed by atoms with Crippen LogP contribution in [0.3, 0.4) is 0 Å². The Kier molecular flexibility index (Phi) is 13.3. The molecule has 2 N–H and O–H groups in total. The molecule has 274 valence electrons. The number of benzene rings is 2. The van der Waals surface area contributed by atoms with Crippen LogP contribution in [-0.2, 0) is 12.8 Å². The number of nitrogens with one attached hydrogen (secondary N) is 2. The number of carboxylic acid groups (broad SMARTS) is 2. The maximum absolute atomic E-state index is 11.7. The molecule has 10 heteroatoms. The van der Waals surface area contributed by atoms with E-state index in [0.717, 1.165) is 137 Å². The molecule has 0 saturated carbocycles.